The summed E-state index contributed by atoms with van der Waals surface area (Å²) >= 11 is -2.46. The number of ether oxygens (including phenoxy) is 1. The van der Waals surface area contributed by atoms with Gasteiger partial charge in [0.15, 0.2) is 0 Å². The van der Waals surface area contributed by atoms with Crippen LogP contribution in [0.3, 0.4) is 0 Å². The van der Waals surface area contributed by atoms with Crippen molar-refractivity contribution in [2.75, 3.05) is 7.11 Å². The van der Waals surface area contributed by atoms with Gasteiger partial charge in [-0.05, 0) is 0 Å². The van der Waals surface area contributed by atoms with Crippen LogP contribution in [0.15, 0.2) is 47.3 Å². The number of carboxylic acid groups (broad SMARTS) is 1. The van der Waals surface area contributed by atoms with Crippen molar-refractivity contribution < 1.29 is 23.1 Å². The van der Waals surface area contributed by atoms with Crippen molar-refractivity contribution in [3.8, 4) is 5.75 Å². The molecule has 0 unspecified atom stereocenters. The molecule has 22 heavy (non-hydrogen) atoms. The van der Waals surface area contributed by atoms with E-state index in [0.717, 1.165) is 0 Å². The van der Waals surface area contributed by atoms with E-state index in [9.17, 15) is 13.2 Å². The molecule has 1 heterocycles. The summed E-state index contributed by atoms with van der Waals surface area (Å²) in [7, 11) is -2.02. The van der Waals surface area contributed by atoms with Gasteiger partial charge in [0.1, 0.15) is 0 Å². The Hall–Kier alpha value is -1.21. The number of carbonyl (C=O) groups is 1. The second-order valence-corrected chi connectivity index (χ2v) is 15.5. The average molecular weight is 424 g/mol. The van der Waals surface area contributed by atoms with Gasteiger partial charge >= 0.3 is 138 Å². The first-order valence-corrected chi connectivity index (χ1v) is 15.2. The zero-order chi connectivity index (χ0) is 16.3. The monoisotopic (exact) mass is 424 g/mol. The maximum absolute atomic E-state index is 12.9. The number of hydrogen-bond donors (Lipinski definition) is 1. The van der Waals surface area contributed by atoms with Crippen molar-refractivity contribution in [1.29, 1.82) is 0 Å². The molecular formula is C15H17InO5S. The van der Waals surface area contributed by atoms with Crippen molar-refractivity contribution in [2.24, 2.45) is 0 Å². The number of allylic oxidation sites excluding steroid dienone is 2. The van der Waals surface area contributed by atoms with E-state index in [2.05, 4.69) is 0 Å². The molecule has 1 aromatic rings. The third-order valence-electron chi connectivity index (χ3n) is 3.58. The van der Waals surface area contributed by atoms with Gasteiger partial charge in [0, 0.05) is 0 Å². The van der Waals surface area contributed by atoms with Crippen LogP contribution in [-0.2, 0) is 14.6 Å². The Labute approximate surface area is 137 Å². The summed E-state index contributed by atoms with van der Waals surface area (Å²) in [5.74, 6) is -0.322. The number of carboxylic acids is 1. The molecule has 0 saturated carbocycles. The molecule has 5 nitrogen and oxygen atoms in total. The molecule has 0 saturated heterocycles. The van der Waals surface area contributed by atoms with Gasteiger partial charge in [-0.25, -0.2) is 0 Å². The Morgan fingerprint density at radius 1 is 1.27 bits per heavy atom. The summed E-state index contributed by atoms with van der Waals surface area (Å²) in [4.78, 5) is 11.0. The van der Waals surface area contributed by atoms with Crippen molar-refractivity contribution in [3.63, 3.8) is 0 Å². The van der Waals surface area contributed by atoms with Crippen molar-refractivity contribution >= 4 is 37.2 Å². The molecule has 0 atom stereocenters. The second kappa shape index (κ2) is 6.91. The zero-order valence-electron chi connectivity index (χ0n) is 12.4. The van der Waals surface area contributed by atoms with E-state index >= 15 is 0 Å². The summed E-state index contributed by atoms with van der Waals surface area (Å²) in [5.41, 5.74) is 0.668. The first-order chi connectivity index (χ1) is 10.4. The fourth-order valence-corrected chi connectivity index (χ4v) is 14.4. The molecule has 0 aromatic heterocycles. The SMILES string of the molecule is COc1ccc(S(=O)(=O)[C]2=C(CCC(=O)O)C=[CH][In]2[CH3])cc1. The van der Waals surface area contributed by atoms with Gasteiger partial charge in [-0.15, -0.1) is 0 Å². The Balaban J connectivity index is 2.40. The molecule has 2 rings (SSSR count). The van der Waals surface area contributed by atoms with E-state index in [0.29, 0.717) is 14.0 Å². The summed E-state index contributed by atoms with van der Waals surface area (Å²) < 4.78 is 35.3. The zero-order valence-corrected chi connectivity index (χ0v) is 16.6. The summed E-state index contributed by atoms with van der Waals surface area (Å²) in [6.45, 7) is 0. The molecule has 0 bridgehead atoms. The fourth-order valence-electron chi connectivity index (χ4n) is 2.47. The van der Waals surface area contributed by atoms with Gasteiger partial charge in [0.25, 0.3) is 0 Å². The topological polar surface area (TPSA) is 80.7 Å². The molecule has 0 spiro atoms. The van der Waals surface area contributed by atoms with Gasteiger partial charge in [-0.2, -0.15) is 0 Å². The number of sulfone groups is 1. The standard InChI is InChI=1S/C14H14O5S.CH3.In/c1-3-11(4-9-14(15)16)10-20(17,18)13-7-5-12(19-2)6-8-13;;/h1,3,5-8H,4,9H2,2H3,(H,15,16);1H3;. The molecule has 0 radical (unpaired) electrons. The molecule has 0 amide bonds. The molecular weight excluding hydrogens is 407 g/mol. The molecule has 1 aliphatic heterocycles. The average Bonchev–Trinajstić information content (AvgIpc) is 2.87. The normalized spacial score (nSPS) is 14.5. The van der Waals surface area contributed by atoms with Gasteiger partial charge in [-0.3, -0.25) is 0 Å². The van der Waals surface area contributed by atoms with Crippen molar-refractivity contribution in [2.45, 2.75) is 22.4 Å². The van der Waals surface area contributed by atoms with Gasteiger partial charge in [0.2, 0.25) is 0 Å². The quantitative estimate of drug-likeness (QED) is 0.759. The van der Waals surface area contributed by atoms with Gasteiger partial charge in [-0.1, -0.05) is 0 Å². The van der Waals surface area contributed by atoms with E-state index in [-0.39, 0.29) is 17.7 Å². The van der Waals surface area contributed by atoms with Gasteiger partial charge in [0.05, 0.1) is 0 Å². The fraction of sp³-hybridized carbons (Fsp3) is 0.267. The Morgan fingerprint density at radius 3 is 2.45 bits per heavy atom. The Kier molecular flexibility index (Phi) is 5.39. The van der Waals surface area contributed by atoms with Crippen molar-refractivity contribution in [3.05, 3.63) is 42.4 Å². The van der Waals surface area contributed by atoms with Crippen LogP contribution >= 0.6 is 0 Å². The van der Waals surface area contributed by atoms with E-state index in [1.165, 1.54) is 19.2 Å². The number of aliphatic carboxylic acids is 1. The molecule has 116 valence electrons. The van der Waals surface area contributed by atoms with Crippen LogP contribution in [0.4, 0.5) is 0 Å². The van der Waals surface area contributed by atoms with Crippen LogP contribution in [0.25, 0.3) is 0 Å². The van der Waals surface area contributed by atoms with Crippen LogP contribution in [0.2, 0.25) is 4.68 Å². The first-order valence-electron chi connectivity index (χ1n) is 6.88. The predicted octanol–water partition coefficient (Wildman–Crippen LogP) is 2.36. The van der Waals surface area contributed by atoms with E-state index in [4.69, 9.17) is 9.84 Å². The molecule has 1 aliphatic rings. The molecule has 0 fully saturated rings. The molecule has 1 aromatic carbocycles. The minimum atomic E-state index is -3.55. The minimum absolute atomic E-state index is 0.0557. The van der Waals surface area contributed by atoms with Gasteiger partial charge < -0.3 is 0 Å². The van der Waals surface area contributed by atoms with E-state index in [1.54, 1.807) is 18.2 Å². The third-order valence-corrected chi connectivity index (χ3v) is 16.1. The van der Waals surface area contributed by atoms with E-state index < -0.39 is 37.2 Å². The number of benzene rings is 1. The van der Waals surface area contributed by atoms with Crippen LogP contribution in [0, 0.1) is 0 Å². The number of methoxy groups -OCH3 is 1. The van der Waals surface area contributed by atoms with Crippen LogP contribution in [0.5, 0.6) is 5.75 Å². The second-order valence-electron chi connectivity index (χ2n) is 5.11. The molecule has 0 aliphatic carbocycles. The summed E-state index contributed by atoms with van der Waals surface area (Å²) in [6, 6.07) is 6.31. The Bertz CT molecular complexity index is 732. The summed E-state index contributed by atoms with van der Waals surface area (Å²) in [6.07, 6.45) is 2.01. The van der Waals surface area contributed by atoms with Crippen molar-refractivity contribution in [1.82, 2.24) is 0 Å². The molecule has 7 heteroatoms. The van der Waals surface area contributed by atoms with Crippen LogP contribution in [0.1, 0.15) is 12.8 Å². The summed E-state index contributed by atoms with van der Waals surface area (Å²) in [5, 5.41) is 8.81. The van der Waals surface area contributed by atoms with E-state index in [1.807, 2.05) is 8.51 Å². The van der Waals surface area contributed by atoms with Crippen LogP contribution in [-0.4, -0.2) is 48.0 Å². The first kappa shape index (κ1) is 17.1. The predicted molar refractivity (Wildman–Crippen MR) is 84.8 cm³/mol. The number of rotatable bonds is 6. The maximum atomic E-state index is 12.9. The molecule has 1 N–H and O–H groups in total. The Morgan fingerprint density at radius 2 is 1.91 bits per heavy atom. The number of hydrogen-bond acceptors (Lipinski definition) is 4. The third kappa shape index (κ3) is 3.57. The van der Waals surface area contributed by atoms with Crippen LogP contribution < -0.4 is 4.74 Å².